The van der Waals surface area contributed by atoms with E-state index in [1.54, 1.807) is 18.2 Å². The fraction of sp³-hybridized carbons (Fsp3) is 0.364. The third kappa shape index (κ3) is 6.75. The number of nitrogens with two attached hydrogens (primary N) is 1. The summed E-state index contributed by atoms with van der Waals surface area (Å²) in [6, 6.07) is 7.02. The molecule has 0 radical (unpaired) electrons. The monoisotopic (exact) mass is 291 g/mol. The van der Waals surface area contributed by atoms with Gasteiger partial charge in [-0.1, -0.05) is 32.0 Å². The largest absolute Gasteiger partial charge is 0.321 e. The van der Waals surface area contributed by atoms with Crippen LogP contribution in [0.3, 0.4) is 0 Å². The first-order valence-electron chi connectivity index (χ1n) is 5.17. The van der Waals surface area contributed by atoms with Gasteiger partial charge in [0.15, 0.2) is 0 Å². The molecule has 0 aliphatic heterocycles. The van der Waals surface area contributed by atoms with E-state index < -0.39 is 16.2 Å². The molecule has 18 heavy (non-hydrogen) atoms. The molecular formula is C11H17NO4S2. The molecule has 0 aliphatic carbocycles. The second-order valence-electron chi connectivity index (χ2n) is 3.90. The Bertz CT molecular complexity index is 471. The first kappa shape index (κ1) is 17.1. The van der Waals surface area contributed by atoms with Gasteiger partial charge < -0.3 is 5.73 Å². The lowest BCUT2D eigenvalue weighted by atomic mass is 10.1. The zero-order chi connectivity index (χ0) is 14.3. The molecule has 1 aromatic carbocycles. The Hall–Kier alpha value is -0.890. The normalized spacial score (nSPS) is 12.6. The summed E-state index contributed by atoms with van der Waals surface area (Å²) in [5, 5.41) is -0.236. The van der Waals surface area contributed by atoms with E-state index in [4.69, 9.17) is 10.3 Å². The van der Waals surface area contributed by atoms with Crippen LogP contribution in [0.2, 0.25) is 0 Å². The summed E-state index contributed by atoms with van der Waals surface area (Å²) in [4.78, 5) is 10.3. The Morgan fingerprint density at radius 1 is 1.28 bits per heavy atom. The number of thiol groups is 1. The maximum absolute atomic E-state index is 10.4. The van der Waals surface area contributed by atoms with Crippen LogP contribution in [0.15, 0.2) is 35.2 Å². The molecule has 0 heterocycles. The SMILES string of the molecule is CC(C)C(N)C(=O)S.O=S(=O)(O)c1ccccc1. The maximum atomic E-state index is 10.4. The van der Waals surface area contributed by atoms with Gasteiger partial charge in [0.1, 0.15) is 0 Å². The van der Waals surface area contributed by atoms with Crippen LogP contribution >= 0.6 is 12.6 Å². The maximum Gasteiger partial charge on any atom is 0.294 e. The zero-order valence-corrected chi connectivity index (χ0v) is 11.9. The van der Waals surface area contributed by atoms with Crippen LogP contribution in [0, 0.1) is 5.92 Å². The van der Waals surface area contributed by atoms with Gasteiger partial charge >= 0.3 is 0 Å². The van der Waals surface area contributed by atoms with Gasteiger partial charge in [-0.2, -0.15) is 8.42 Å². The number of carbonyl (C=O) groups is 1. The summed E-state index contributed by atoms with van der Waals surface area (Å²) in [5.74, 6) is 0.194. The van der Waals surface area contributed by atoms with Gasteiger partial charge in [0.2, 0.25) is 5.12 Å². The molecule has 0 bridgehead atoms. The minimum absolute atomic E-state index is 0.0741. The van der Waals surface area contributed by atoms with Crippen molar-refractivity contribution in [1.29, 1.82) is 0 Å². The standard InChI is InChI=1S/C6H6O3S.C5H11NOS/c7-10(8,9)6-4-2-1-3-5-6;1-3(2)4(6)5(7)8/h1-5H,(H,7,8,9);3-4H,6H2,1-2H3,(H,7,8). The molecule has 5 nitrogen and oxygen atoms in total. The van der Waals surface area contributed by atoms with Crippen LogP contribution in [-0.2, 0) is 14.9 Å². The molecule has 0 aliphatic rings. The van der Waals surface area contributed by atoms with E-state index in [0.717, 1.165) is 0 Å². The molecular weight excluding hydrogens is 274 g/mol. The third-order valence-electron chi connectivity index (χ3n) is 2.04. The van der Waals surface area contributed by atoms with Crippen LogP contribution in [-0.4, -0.2) is 24.1 Å². The van der Waals surface area contributed by atoms with Crippen molar-refractivity contribution >= 4 is 27.9 Å². The summed E-state index contributed by atoms with van der Waals surface area (Å²) < 4.78 is 29.2. The van der Waals surface area contributed by atoms with E-state index >= 15 is 0 Å². The Labute approximate surface area is 113 Å². The first-order chi connectivity index (χ1) is 8.16. The molecule has 0 amide bonds. The molecule has 0 saturated carbocycles. The summed E-state index contributed by atoms with van der Waals surface area (Å²) in [6.07, 6.45) is 0. The molecule has 0 spiro atoms. The molecule has 1 aromatic rings. The molecule has 1 atom stereocenters. The predicted molar refractivity (Wildman–Crippen MR) is 73.1 cm³/mol. The van der Waals surface area contributed by atoms with Crippen molar-refractivity contribution in [3.63, 3.8) is 0 Å². The van der Waals surface area contributed by atoms with Gasteiger partial charge in [-0.25, -0.2) is 0 Å². The van der Waals surface area contributed by atoms with Crippen LogP contribution in [0.25, 0.3) is 0 Å². The number of hydrogen-bond acceptors (Lipinski definition) is 4. The van der Waals surface area contributed by atoms with Gasteiger partial charge in [-0.05, 0) is 18.1 Å². The summed E-state index contributed by atoms with van der Waals surface area (Å²) in [5.41, 5.74) is 5.33. The molecule has 0 fully saturated rings. The fourth-order valence-electron chi connectivity index (χ4n) is 0.878. The van der Waals surface area contributed by atoms with E-state index in [2.05, 4.69) is 12.6 Å². The number of rotatable bonds is 3. The Kier molecular flexibility index (Phi) is 7.15. The van der Waals surface area contributed by atoms with Gasteiger partial charge in [0, 0.05) is 0 Å². The van der Waals surface area contributed by atoms with E-state index in [1.165, 1.54) is 12.1 Å². The minimum atomic E-state index is -4.00. The van der Waals surface area contributed by atoms with Crippen molar-refractivity contribution in [3.8, 4) is 0 Å². The summed E-state index contributed by atoms with van der Waals surface area (Å²) >= 11 is 3.57. The van der Waals surface area contributed by atoms with Crippen molar-refractivity contribution in [2.24, 2.45) is 11.7 Å². The highest BCUT2D eigenvalue weighted by molar-refractivity contribution is 7.96. The Morgan fingerprint density at radius 3 is 1.89 bits per heavy atom. The van der Waals surface area contributed by atoms with Crippen molar-refractivity contribution in [2.75, 3.05) is 0 Å². The Balaban J connectivity index is 0.000000331. The van der Waals surface area contributed by atoms with Crippen LogP contribution < -0.4 is 5.73 Å². The van der Waals surface area contributed by atoms with Crippen LogP contribution in [0.4, 0.5) is 0 Å². The zero-order valence-electron chi connectivity index (χ0n) is 10.1. The molecule has 102 valence electrons. The Morgan fingerprint density at radius 2 is 1.72 bits per heavy atom. The lowest BCUT2D eigenvalue weighted by Crippen LogP contribution is -2.32. The van der Waals surface area contributed by atoms with Crippen molar-refractivity contribution in [3.05, 3.63) is 30.3 Å². The minimum Gasteiger partial charge on any atom is -0.321 e. The third-order valence-corrected chi connectivity index (χ3v) is 3.21. The van der Waals surface area contributed by atoms with Gasteiger partial charge in [-0.3, -0.25) is 9.35 Å². The summed E-state index contributed by atoms with van der Waals surface area (Å²) in [7, 11) is -4.00. The average molecular weight is 291 g/mol. The molecule has 3 N–H and O–H groups in total. The molecule has 0 aromatic heterocycles. The number of benzene rings is 1. The van der Waals surface area contributed by atoms with Crippen molar-refractivity contribution < 1.29 is 17.8 Å². The topological polar surface area (TPSA) is 97.5 Å². The second-order valence-corrected chi connectivity index (χ2v) is 5.76. The van der Waals surface area contributed by atoms with E-state index in [9.17, 15) is 13.2 Å². The van der Waals surface area contributed by atoms with Gasteiger partial charge in [-0.15, -0.1) is 12.6 Å². The predicted octanol–water partition coefficient (Wildman–Crippen LogP) is 1.36. The first-order valence-corrected chi connectivity index (χ1v) is 7.06. The summed E-state index contributed by atoms with van der Waals surface area (Å²) in [6.45, 7) is 3.78. The van der Waals surface area contributed by atoms with Gasteiger partial charge in [0.05, 0.1) is 10.9 Å². The lowest BCUT2D eigenvalue weighted by Gasteiger charge is -2.08. The fourth-order valence-corrected chi connectivity index (χ4v) is 1.68. The molecule has 0 saturated heterocycles. The molecule has 7 heteroatoms. The van der Waals surface area contributed by atoms with E-state index in [0.29, 0.717) is 0 Å². The van der Waals surface area contributed by atoms with E-state index in [1.807, 2.05) is 13.8 Å². The molecule has 1 rings (SSSR count). The smallest absolute Gasteiger partial charge is 0.294 e. The van der Waals surface area contributed by atoms with Crippen LogP contribution in [0.1, 0.15) is 13.8 Å². The van der Waals surface area contributed by atoms with Crippen molar-refractivity contribution in [2.45, 2.75) is 24.8 Å². The van der Waals surface area contributed by atoms with Crippen molar-refractivity contribution in [1.82, 2.24) is 0 Å². The number of carbonyl (C=O) groups excluding carboxylic acids is 1. The molecule has 1 unspecified atom stereocenters. The highest BCUT2D eigenvalue weighted by Gasteiger charge is 2.12. The van der Waals surface area contributed by atoms with Gasteiger partial charge in [0.25, 0.3) is 10.1 Å². The lowest BCUT2D eigenvalue weighted by molar-refractivity contribution is -0.112. The van der Waals surface area contributed by atoms with E-state index in [-0.39, 0.29) is 15.9 Å². The highest BCUT2D eigenvalue weighted by atomic mass is 32.2. The second kappa shape index (κ2) is 7.52. The highest BCUT2D eigenvalue weighted by Crippen LogP contribution is 2.05. The van der Waals surface area contributed by atoms with Crippen LogP contribution in [0.5, 0.6) is 0 Å². The average Bonchev–Trinajstić information content (AvgIpc) is 2.28. The quantitative estimate of drug-likeness (QED) is 0.577. The number of hydrogen-bond donors (Lipinski definition) is 3.